The van der Waals surface area contributed by atoms with E-state index in [0.29, 0.717) is 0 Å². The average Bonchev–Trinajstić information content (AvgIpc) is 2.45. The van der Waals surface area contributed by atoms with Crippen molar-refractivity contribution in [3.05, 3.63) is 0 Å². The van der Waals surface area contributed by atoms with Crippen LogP contribution in [0.2, 0.25) is 0 Å². The van der Waals surface area contributed by atoms with Gasteiger partial charge in [0.2, 0.25) is 0 Å². The van der Waals surface area contributed by atoms with E-state index in [-0.39, 0.29) is 0 Å². The maximum atomic E-state index is 15.2. The highest BCUT2D eigenvalue weighted by Crippen LogP contribution is 2.52. The predicted molar refractivity (Wildman–Crippen MR) is 95.7 cm³/mol. The highest BCUT2D eigenvalue weighted by atomic mass is 32.3. The first-order chi connectivity index (χ1) is 9.68. The summed E-state index contributed by atoms with van der Waals surface area (Å²) < 4.78 is 15.2. The van der Waals surface area contributed by atoms with Crippen LogP contribution < -0.4 is 0 Å². The minimum Gasteiger partial charge on any atom is -0.189 e. The number of hydrogen-bond donors (Lipinski definition) is 0. The number of rotatable bonds is 15. The Morgan fingerprint density at radius 1 is 0.500 bits per heavy atom. The first kappa shape index (κ1) is 20.3. The van der Waals surface area contributed by atoms with Gasteiger partial charge in [0.1, 0.15) is 0 Å². The summed E-state index contributed by atoms with van der Waals surface area (Å²) in [5.41, 5.74) is 0. The second-order valence-corrected chi connectivity index (χ2v) is 9.34. The summed E-state index contributed by atoms with van der Waals surface area (Å²) in [6.07, 6.45) is 14.7. The zero-order valence-electron chi connectivity index (χ0n) is 14.4. The maximum absolute atomic E-state index is 15.2. The molecule has 0 fully saturated rings. The largest absolute Gasteiger partial charge is 0.189 e. The van der Waals surface area contributed by atoms with Gasteiger partial charge >= 0.3 is 0 Å². The molecule has 0 aliphatic carbocycles. The van der Waals surface area contributed by atoms with Crippen molar-refractivity contribution in [1.29, 1.82) is 0 Å². The molecule has 0 saturated heterocycles. The van der Waals surface area contributed by atoms with Crippen molar-refractivity contribution in [2.75, 3.05) is 17.3 Å². The van der Waals surface area contributed by atoms with Gasteiger partial charge in [0, 0.05) is 17.3 Å². The van der Waals surface area contributed by atoms with Crippen molar-refractivity contribution >= 4 is 10.4 Å². The van der Waals surface area contributed by atoms with Crippen molar-refractivity contribution < 1.29 is 3.89 Å². The minimum absolute atomic E-state index is 0.894. The Balaban J connectivity index is 3.98. The molecule has 0 aromatic carbocycles. The van der Waals surface area contributed by atoms with Gasteiger partial charge in [-0.25, -0.2) is 0 Å². The molecule has 0 saturated carbocycles. The normalized spacial score (nSPS) is 12.8. The van der Waals surface area contributed by atoms with E-state index in [9.17, 15) is 0 Å². The molecule has 0 aliphatic rings. The Morgan fingerprint density at radius 3 is 1.05 bits per heavy atom. The van der Waals surface area contributed by atoms with Crippen LogP contribution in [0.3, 0.4) is 0 Å². The fourth-order valence-corrected chi connectivity index (χ4v) is 5.45. The summed E-state index contributed by atoms with van der Waals surface area (Å²) in [5, 5.41) is 0. The molecule has 0 amide bonds. The number of hydrogen-bond acceptors (Lipinski definition) is 0. The van der Waals surface area contributed by atoms with Crippen molar-refractivity contribution in [2.45, 2.75) is 97.8 Å². The van der Waals surface area contributed by atoms with Crippen molar-refractivity contribution in [3.63, 3.8) is 0 Å². The van der Waals surface area contributed by atoms with Gasteiger partial charge in [-0.3, -0.25) is 0 Å². The molecule has 124 valence electrons. The zero-order chi connectivity index (χ0) is 15.1. The summed E-state index contributed by atoms with van der Waals surface area (Å²) in [4.78, 5) is 0. The van der Waals surface area contributed by atoms with Gasteiger partial charge in [-0.15, -0.1) is 0 Å². The van der Waals surface area contributed by atoms with Crippen molar-refractivity contribution in [3.8, 4) is 0 Å². The minimum atomic E-state index is -1.78. The monoisotopic (exact) mass is 306 g/mol. The second kappa shape index (κ2) is 14.2. The van der Waals surface area contributed by atoms with E-state index in [1.807, 2.05) is 0 Å². The van der Waals surface area contributed by atoms with E-state index < -0.39 is 10.4 Å². The lowest BCUT2D eigenvalue weighted by atomic mass is 10.2. The van der Waals surface area contributed by atoms with Gasteiger partial charge in [0.05, 0.1) is 0 Å². The second-order valence-electron chi connectivity index (χ2n) is 6.23. The molecule has 0 aromatic heterocycles. The molecule has 0 nitrogen and oxygen atoms in total. The Morgan fingerprint density at radius 2 is 0.800 bits per heavy atom. The summed E-state index contributed by atoms with van der Waals surface area (Å²) in [7, 11) is -1.78. The van der Waals surface area contributed by atoms with Crippen LogP contribution in [0.25, 0.3) is 0 Å². The lowest BCUT2D eigenvalue weighted by molar-refractivity contribution is 0.672. The van der Waals surface area contributed by atoms with Gasteiger partial charge in [0.15, 0.2) is 0 Å². The molecule has 2 heteroatoms. The Hall–Kier alpha value is 0.280. The highest BCUT2D eigenvalue weighted by molar-refractivity contribution is 8.29. The molecule has 0 atom stereocenters. The van der Waals surface area contributed by atoms with Crippen LogP contribution in [0.15, 0.2) is 0 Å². The molecule has 0 unspecified atom stereocenters. The van der Waals surface area contributed by atoms with Gasteiger partial charge < -0.3 is 0 Å². The molecular formula is C18H39FS. The average molecular weight is 307 g/mol. The first-order valence-corrected chi connectivity index (χ1v) is 11.2. The van der Waals surface area contributed by atoms with E-state index in [0.717, 1.165) is 36.5 Å². The van der Waals surface area contributed by atoms with E-state index in [2.05, 4.69) is 20.8 Å². The van der Waals surface area contributed by atoms with Crippen LogP contribution >= 0.6 is 10.4 Å². The molecule has 0 bridgehead atoms. The number of unbranched alkanes of at least 4 members (excludes halogenated alkanes) is 9. The van der Waals surface area contributed by atoms with Crippen LogP contribution in [0.4, 0.5) is 3.89 Å². The van der Waals surface area contributed by atoms with E-state index in [1.54, 1.807) is 0 Å². The van der Waals surface area contributed by atoms with Gasteiger partial charge in [0.25, 0.3) is 0 Å². The van der Waals surface area contributed by atoms with Crippen LogP contribution in [-0.4, -0.2) is 17.3 Å². The molecule has 0 heterocycles. The van der Waals surface area contributed by atoms with Gasteiger partial charge in [-0.2, -0.15) is 3.89 Å². The maximum Gasteiger partial charge on any atom is 0.00357 e. The lowest BCUT2D eigenvalue weighted by Crippen LogP contribution is -2.09. The first-order valence-electron chi connectivity index (χ1n) is 9.14. The lowest BCUT2D eigenvalue weighted by Gasteiger charge is -2.31. The van der Waals surface area contributed by atoms with Crippen molar-refractivity contribution in [2.24, 2.45) is 0 Å². The van der Waals surface area contributed by atoms with E-state index in [1.165, 1.54) is 57.8 Å². The SMILES string of the molecule is CCCCCCS(F)(CCCCCC)CCCCCC. The van der Waals surface area contributed by atoms with Crippen LogP contribution in [0.1, 0.15) is 97.8 Å². The van der Waals surface area contributed by atoms with E-state index in [4.69, 9.17) is 0 Å². The van der Waals surface area contributed by atoms with Gasteiger partial charge in [-0.1, -0.05) is 89.0 Å². The topological polar surface area (TPSA) is 0 Å². The number of halogens is 1. The smallest absolute Gasteiger partial charge is 0.00357 e. The van der Waals surface area contributed by atoms with Crippen molar-refractivity contribution in [1.82, 2.24) is 0 Å². The molecule has 0 aliphatic heterocycles. The Bertz CT molecular complexity index is 163. The summed E-state index contributed by atoms with van der Waals surface area (Å²) in [5.74, 6) is 2.68. The Labute approximate surface area is 129 Å². The third-order valence-corrected chi connectivity index (χ3v) is 7.15. The standard InChI is InChI=1S/C18H39FS/c1-4-7-10-13-16-20(19,17-14-11-8-5-2)18-15-12-9-6-3/h4-18H2,1-3H3. The Kier molecular flexibility index (Phi) is 14.4. The highest BCUT2D eigenvalue weighted by Gasteiger charge is 2.21. The fraction of sp³-hybridized carbons (Fsp3) is 1.00. The summed E-state index contributed by atoms with van der Waals surface area (Å²) in [6, 6.07) is 0. The molecule has 0 rings (SSSR count). The molecule has 0 N–H and O–H groups in total. The van der Waals surface area contributed by atoms with Crippen LogP contribution in [0.5, 0.6) is 0 Å². The molecule has 20 heavy (non-hydrogen) atoms. The summed E-state index contributed by atoms with van der Waals surface area (Å²) >= 11 is 0. The fourth-order valence-electron chi connectivity index (χ4n) is 2.67. The van der Waals surface area contributed by atoms with Crippen LogP contribution in [-0.2, 0) is 0 Å². The predicted octanol–water partition coefficient (Wildman–Crippen LogP) is 7.42. The quantitative estimate of drug-likeness (QED) is 0.276. The van der Waals surface area contributed by atoms with Crippen LogP contribution in [0, 0.1) is 0 Å². The molecule has 0 radical (unpaired) electrons. The third-order valence-electron chi connectivity index (χ3n) is 4.09. The molecule has 0 aromatic rings. The van der Waals surface area contributed by atoms with E-state index >= 15 is 3.89 Å². The molecule has 0 spiro atoms. The third kappa shape index (κ3) is 12.1. The molecular weight excluding hydrogens is 267 g/mol. The zero-order valence-corrected chi connectivity index (χ0v) is 15.2. The van der Waals surface area contributed by atoms with Gasteiger partial charge in [-0.05, 0) is 19.3 Å². The summed E-state index contributed by atoms with van der Waals surface area (Å²) in [6.45, 7) is 6.68.